The van der Waals surface area contributed by atoms with Crippen LogP contribution in [0.2, 0.25) is 0 Å². The molecule has 3 heteroatoms. The maximum atomic E-state index is 11.3. The standard InChI is InChI=1S/C18H25NO2/c1-18(2,3)16-11-9-14(10-12-16)13-17(19(20)21)15-7-5-4-6-8-15/h4-8,13-14,16H,9-12H2,1-3H3/b17-13+. The average Bonchev–Trinajstić information content (AvgIpc) is 2.45. The van der Waals surface area contributed by atoms with Crippen LogP contribution in [-0.2, 0) is 0 Å². The molecule has 0 radical (unpaired) electrons. The maximum absolute atomic E-state index is 11.3. The molecule has 2 rings (SSSR count). The van der Waals surface area contributed by atoms with E-state index in [9.17, 15) is 10.1 Å². The minimum Gasteiger partial charge on any atom is -0.258 e. The molecule has 1 aromatic carbocycles. The van der Waals surface area contributed by atoms with Gasteiger partial charge in [0.1, 0.15) is 0 Å². The minimum atomic E-state index is -0.245. The Kier molecular flexibility index (Phi) is 4.81. The van der Waals surface area contributed by atoms with Crippen LogP contribution in [0.25, 0.3) is 5.70 Å². The van der Waals surface area contributed by atoms with Crippen molar-refractivity contribution in [2.45, 2.75) is 46.5 Å². The van der Waals surface area contributed by atoms with Crippen LogP contribution in [0.1, 0.15) is 52.0 Å². The van der Waals surface area contributed by atoms with Gasteiger partial charge in [-0.3, -0.25) is 10.1 Å². The van der Waals surface area contributed by atoms with E-state index in [1.165, 1.54) is 12.8 Å². The van der Waals surface area contributed by atoms with Crippen LogP contribution in [-0.4, -0.2) is 4.92 Å². The maximum Gasteiger partial charge on any atom is 0.272 e. The second-order valence-corrected chi connectivity index (χ2v) is 7.15. The van der Waals surface area contributed by atoms with Crippen LogP contribution in [0.3, 0.4) is 0 Å². The van der Waals surface area contributed by atoms with Gasteiger partial charge in [-0.15, -0.1) is 0 Å². The van der Waals surface area contributed by atoms with E-state index in [1.54, 1.807) is 0 Å². The number of nitro groups is 1. The van der Waals surface area contributed by atoms with Crippen molar-refractivity contribution in [1.29, 1.82) is 0 Å². The molecule has 0 aliphatic heterocycles. The van der Waals surface area contributed by atoms with Crippen molar-refractivity contribution >= 4 is 5.70 Å². The molecular weight excluding hydrogens is 262 g/mol. The Balaban J connectivity index is 2.10. The van der Waals surface area contributed by atoms with Crippen molar-refractivity contribution in [3.8, 4) is 0 Å². The largest absolute Gasteiger partial charge is 0.272 e. The lowest BCUT2D eigenvalue weighted by Crippen LogP contribution is -2.25. The normalized spacial score (nSPS) is 23.9. The van der Waals surface area contributed by atoms with Gasteiger partial charge in [0.2, 0.25) is 0 Å². The van der Waals surface area contributed by atoms with Crippen molar-refractivity contribution in [3.05, 3.63) is 52.1 Å². The SMILES string of the molecule is CC(C)(C)C1CCC(/C=C(\c2ccccc2)[N+](=O)[O-])CC1. The quantitative estimate of drug-likeness (QED) is 0.569. The highest BCUT2D eigenvalue weighted by atomic mass is 16.6. The first kappa shape index (κ1) is 15.7. The number of hydrogen-bond acceptors (Lipinski definition) is 2. The zero-order valence-electron chi connectivity index (χ0n) is 13.2. The molecule has 1 fully saturated rings. The fourth-order valence-corrected chi connectivity index (χ4v) is 3.25. The van der Waals surface area contributed by atoms with E-state index < -0.39 is 0 Å². The predicted octanol–water partition coefficient (Wildman–Crippen LogP) is 5.16. The molecule has 0 unspecified atom stereocenters. The van der Waals surface area contributed by atoms with Gasteiger partial charge in [-0.1, -0.05) is 39.0 Å². The van der Waals surface area contributed by atoms with Gasteiger partial charge in [0.05, 0.1) is 10.5 Å². The molecule has 1 aliphatic rings. The molecule has 0 aromatic heterocycles. The Morgan fingerprint density at radius 1 is 1.14 bits per heavy atom. The number of rotatable bonds is 3. The monoisotopic (exact) mass is 287 g/mol. The molecule has 1 saturated carbocycles. The molecule has 1 aliphatic carbocycles. The molecule has 114 valence electrons. The number of nitrogens with zero attached hydrogens (tertiary/aromatic N) is 1. The first-order valence-corrected chi connectivity index (χ1v) is 7.79. The second kappa shape index (κ2) is 6.42. The van der Waals surface area contributed by atoms with Crippen molar-refractivity contribution < 1.29 is 4.92 Å². The van der Waals surface area contributed by atoms with Crippen LogP contribution < -0.4 is 0 Å². The average molecular weight is 287 g/mol. The van der Waals surface area contributed by atoms with Gasteiger partial charge in [0.15, 0.2) is 0 Å². The molecule has 21 heavy (non-hydrogen) atoms. The van der Waals surface area contributed by atoms with Crippen molar-refractivity contribution in [1.82, 2.24) is 0 Å². The zero-order valence-corrected chi connectivity index (χ0v) is 13.2. The molecule has 0 bridgehead atoms. The molecule has 3 nitrogen and oxygen atoms in total. The van der Waals surface area contributed by atoms with E-state index in [4.69, 9.17) is 0 Å². The Bertz CT molecular complexity index is 506. The summed E-state index contributed by atoms with van der Waals surface area (Å²) in [6.45, 7) is 6.88. The third-order valence-corrected chi connectivity index (χ3v) is 4.66. The fraction of sp³-hybridized carbons (Fsp3) is 0.556. The highest BCUT2D eigenvalue weighted by Crippen LogP contribution is 2.40. The van der Waals surface area contributed by atoms with Crippen LogP contribution >= 0.6 is 0 Å². The topological polar surface area (TPSA) is 43.1 Å². The lowest BCUT2D eigenvalue weighted by Gasteiger charge is -2.36. The van der Waals surface area contributed by atoms with Crippen LogP contribution in [0.15, 0.2) is 36.4 Å². The lowest BCUT2D eigenvalue weighted by molar-refractivity contribution is -0.375. The summed E-state index contributed by atoms with van der Waals surface area (Å²) in [5, 5.41) is 11.3. The minimum absolute atomic E-state index is 0.245. The van der Waals surface area contributed by atoms with E-state index >= 15 is 0 Å². The van der Waals surface area contributed by atoms with E-state index in [1.807, 2.05) is 36.4 Å². The molecule has 0 amide bonds. The lowest BCUT2D eigenvalue weighted by atomic mass is 9.70. The summed E-state index contributed by atoms with van der Waals surface area (Å²) in [6, 6.07) is 9.22. The number of hydrogen-bond donors (Lipinski definition) is 0. The van der Waals surface area contributed by atoms with Crippen LogP contribution in [0.5, 0.6) is 0 Å². The number of allylic oxidation sites excluding steroid dienone is 1. The van der Waals surface area contributed by atoms with Crippen molar-refractivity contribution in [2.75, 3.05) is 0 Å². The highest BCUT2D eigenvalue weighted by Gasteiger charge is 2.30. The molecule has 0 saturated heterocycles. The Morgan fingerprint density at radius 2 is 1.71 bits per heavy atom. The Labute approximate surface area is 127 Å². The molecule has 0 N–H and O–H groups in total. The zero-order chi connectivity index (χ0) is 15.5. The van der Waals surface area contributed by atoms with E-state index in [2.05, 4.69) is 20.8 Å². The van der Waals surface area contributed by atoms with Crippen LogP contribution in [0, 0.1) is 27.4 Å². The van der Waals surface area contributed by atoms with Gasteiger partial charge in [0.25, 0.3) is 5.70 Å². The first-order chi connectivity index (χ1) is 9.88. The van der Waals surface area contributed by atoms with Crippen molar-refractivity contribution in [2.24, 2.45) is 17.3 Å². The summed E-state index contributed by atoms with van der Waals surface area (Å²) in [4.78, 5) is 11.1. The van der Waals surface area contributed by atoms with Gasteiger partial charge in [-0.05, 0) is 61.1 Å². The van der Waals surface area contributed by atoms with Crippen LogP contribution in [0.4, 0.5) is 0 Å². The van der Waals surface area contributed by atoms with Gasteiger partial charge < -0.3 is 0 Å². The molecular formula is C18H25NO2. The van der Waals surface area contributed by atoms with Gasteiger partial charge in [-0.2, -0.15) is 0 Å². The summed E-state index contributed by atoms with van der Waals surface area (Å²) < 4.78 is 0. The van der Waals surface area contributed by atoms with Gasteiger partial charge >= 0.3 is 0 Å². The third kappa shape index (κ3) is 4.16. The molecule has 1 aromatic rings. The van der Waals surface area contributed by atoms with Gasteiger partial charge in [-0.25, -0.2) is 0 Å². The Hall–Kier alpha value is -1.64. The third-order valence-electron chi connectivity index (χ3n) is 4.66. The fourth-order valence-electron chi connectivity index (χ4n) is 3.25. The first-order valence-electron chi connectivity index (χ1n) is 7.79. The number of benzene rings is 1. The summed E-state index contributed by atoms with van der Waals surface area (Å²) in [6.07, 6.45) is 6.35. The van der Waals surface area contributed by atoms with E-state index in [0.29, 0.717) is 16.9 Å². The predicted molar refractivity (Wildman–Crippen MR) is 86.3 cm³/mol. The second-order valence-electron chi connectivity index (χ2n) is 7.15. The summed E-state index contributed by atoms with van der Waals surface area (Å²) in [7, 11) is 0. The molecule has 0 heterocycles. The molecule has 0 spiro atoms. The van der Waals surface area contributed by atoms with Gasteiger partial charge in [0, 0.05) is 0 Å². The Morgan fingerprint density at radius 3 is 2.19 bits per heavy atom. The summed E-state index contributed by atoms with van der Waals surface area (Å²) >= 11 is 0. The van der Waals surface area contributed by atoms with E-state index in [-0.39, 0.29) is 10.6 Å². The molecule has 0 atom stereocenters. The highest BCUT2D eigenvalue weighted by molar-refractivity contribution is 5.58. The smallest absolute Gasteiger partial charge is 0.258 e. The van der Waals surface area contributed by atoms with E-state index in [0.717, 1.165) is 18.8 Å². The summed E-state index contributed by atoms with van der Waals surface area (Å²) in [5.41, 5.74) is 1.32. The summed E-state index contributed by atoms with van der Waals surface area (Å²) in [5.74, 6) is 1.07. The van der Waals surface area contributed by atoms with Crippen molar-refractivity contribution in [3.63, 3.8) is 0 Å².